The maximum atomic E-state index is 12.8. The number of rotatable bonds is 5. The molecular formula is C21H17F3N2O2. The highest BCUT2D eigenvalue weighted by Gasteiger charge is 2.30. The molecule has 0 unspecified atom stereocenters. The molecule has 28 heavy (non-hydrogen) atoms. The van der Waals surface area contributed by atoms with Gasteiger partial charge >= 0.3 is 6.18 Å². The van der Waals surface area contributed by atoms with E-state index in [1.165, 1.54) is 12.1 Å². The molecule has 4 nitrogen and oxygen atoms in total. The Morgan fingerprint density at radius 3 is 2.43 bits per heavy atom. The van der Waals surface area contributed by atoms with Crippen molar-refractivity contribution >= 4 is 5.91 Å². The number of pyridine rings is 1. The molecule has 0 radical (unpaired) electrons. The summed E-state index contributed by atoms with van der Waals surface area (Å²) in [6.45, 7) is -0.0306. The average molecular weight is 386 g/mol. The maximum absolute atomic E-state index is 12.8. The number of carbonyl (C=O) groups excluding carboxylic acids is 1. The maximum Gasteiger partial charge on any atom is 0.416 e. The van der Waals surface area contributed by atoms with Crippen LogP contribution in [0.5, 0.6) is 5.75 Å². The summed E-state index contributed by atoms with van der Waals surface area (Å²) in [4.78, 5) is 16.7. The standard InChI is InChI=1S/C21H17F3N2O2/c1-28-17-10-8-15(9-11-17)18-6-3-7-19(26-18)20(27)25-13-14-4-2-5-16(12-14)21(22,23)24/h2-12H,13H2,1H3,(H,25,27). The van der Waals surface area contributed by atoms with Crippen LogP contribution in [0.15, 0.2) is 66.7 Å². The highest BCUT2D eigenvalue weighted by molar-refractivity contribution is 5.92. The van der Waals surface area contributed by atoms with Crippen molar-refractivity contribution in [2.24, 2.45) is 0 Å². The number of hydrogen-bond acceptors (Lipinski definition) is 3. The van der Waals surface area contributed by atoms with E-state index in [-0.39, 0.29) is 12.2 Å². The van der Waals surface area contributed by atoms with Gasteiger partial charge in [0.25, 0.3) is 5.91 Å². The van der Waals surface area contributed by atoms with E-state index < -0.39 is 17.6 Å². The third kappa shape index (κ3) is 4.68. The van der Waals surface area contributed by atoms with Crippen LogP contribution in [0.1, 0.15) is 21.6 Å². The number of nitrogens with zero attached hydrogens (tertiary/aromatic N) is 1. The number of ether oxygens (including phenoxy) is 1. The van der Waals surface area contributed by atoms with E-state index in [0.29, 0.717) is 17.0 Å². The second-order valence-electron chi connectivity index (χ2n) is 6.02. The predicted octanol–water partition coefficient (Wildman–Crippen LogP) is 4.71. The number of nitrogens with one attached hydrogen (secondary N) is 1. The lowest BCUT2D eigenvalue weighted by molar-refractivity contribution is -0.137. The van der Waals surface area contributed by atoms with Crippen LogP contribution in [0.4, 0.5) is 13.2 Å². The molecule has 0 aliphatic carbocycles. The summed E-state index contributed by atoms with van der Waals surface area (Å²) < 4.78 is 43.5. The first kappa shape index (κ1) is 19.4. The first-order valence-corrected chi connectivity index (χ1v) is 8.42. The molecule has 0 aliphatic rings. The minimum atomic E-state index is -4.42. The van der Waals surface area contributed by atoms with Gasteiger partial charge in [0, 0.05) is 12.1 Å². The van der Waals surface area contributed by atoms with Gasteiger partial charge in [-0.15, -0.1) is 0 Å². The van der Waals surface area contributed by atoms with Crippen molar-refractivity contribution in [3.63, 3.8) is 0 Å². The zero-order chi connectivity index (χ0) is 20.1. The third-order valence-electron chi connectivity index (χ3n) is 4.07. The number of hydrogen-bond donors (Lipinski definition) is 1. The molecule has 0 atom stereocenters. The van der Waals surface area contributed by atoms with Crippen molar-refractivity contribution in [3.8, 4) is 17.0 Å². The number of methoxy groups -OCH3 is 1. The van der Waals surface area contributed by atoms with Gasteiger partial charge in [-0.05, 0) is 54.1 Å². The minimum Gasteiger partial charge on any atom is -0.497 e. The fourth-order valence-electron chi connectivity index (χ4n) is 2.61. The van der Waals surface area contributed by atoms with E-state index in [9.17, 15) is 18.0 Å². The molecule has 0 saturated heterocycles. The first-order valence-electron chi connectivity index (χ1n) is 8.42. The number of carbonyl (C=O) groups is 1. The quantitative estimate of drug-likeness (QED) is 0.691. The van der Waals surface area contributed by atoms with Crippen molar-refractivity contribution in [2.45, 2.75) is 12.7 Å². The first-order chi connectivity index (χ1) is 13.4. The Labute approximate surface area is 160 Å². The van der Waals surface area contributed by atoms with Crippen LogP contribution in [0.25, 0.3) is 11.3 Å². The van der Waals surface area contributed by atoms with Crippen molar-refractivity contribution in [2.75, 3.05) is 7.11 Å². The van der Waals surface area contributed by atoms with Gasteiger partial charge in [-0.25, -0.2) is 4.98 Å². The average Bonchev–Trinajstić information content (AvgIpc) is 2.72. The summed E-state index contributed by atoms with van der Waals surface area (Å²) in [6.07, 6.45) is -4.42. The lowest BCUT2D eigenvalue weighted by Gasteiger charge is -2.10. The zero-order valence-corrected chi connectivity index (χ0v) is 15.0. The lowest BCUT2D eigenvalue weighted by Crippen LogP contribution is -2.24. The third-order valence-corrected chi connectivity index (χ3v) is 4.07. The van der Waals surface area contributed by atoms with Crippen molar-refractivity contribution < 1.29 is 22.7 Å². The van der Waals surface area contributed by atoms with Crippen LogP contribution in [0.3, 0.4) is 0 Å². The van der Waals surface area contributed by atoms with E-state index in [2.05, 4.69) is 10.3 Å². The Kier molecular flexibility index (Phi) is 5.63. The molecule has 1 amide bonds. The molecular weight excluding hydrogens is 369 g/mol. The number of alkyl halides is 3. The molecule has 0 saturated carbocycles. The van der Waals surface area contributed by atoms with E-state index in [1.54, 1.807) is 37.4 Å². The van der Waals surface area contributed by atoms with E-state index in [1.807, 2.05) is 12.1 Å². The fraction of sp³-hybridized carbons (Fsp3) is 0.143. The van der Waals surface area contributed by atoms with Crippen LogP contribution >= 0.6 is 0 Å². The normalized spacial score (nSPS) is 11.1. The summed E-state index contributed by atoms with van der Waals surface area (Å²) in [6, 6.07) is 17.1. The summed E-state index contributed by atoms with van der Waals surface area (Å²) in [7, 11) is 1.57. The van der Waals surface area contributed by atoms with Crippen molar-refractivity contribution in [1.29, 1.82) is 0 Å². The fourth-order valence-corrected chi connectivity index (χ4v) is 2.61. The lowest BCUT2D eigenvalue weighted by atomic mass is 10.1. The highest BCUT2D eigenvalue weighted by Crippen LogP contribution is 2.29. The Bertz CT molecular complexity index is 970. The molecule has 0 fully saturated rings. The molecule has 2 aromatic carbocycles. The van der Waals surface area contributed by atoms with Crippen LogP contribution in [0, 0.1) is 0 Å². The van der Waals surface area contributed by atoms with Crippen LogP contribution in [0.2, 0.25) is 0 Å². The molecule has 0 bridgehead atoms. The van der Waals surface area contributed by atoms with Gasteiger partial charge in [-0.2, -0.15) is 13.2 Å². The number of amides is 1. The monoisotopic (exact) mass is 386 g/mol. The molecule has 1 N–H and O–H groups in total. The molecule has 3 rings (SSSR count). The SMILES string of the molecule is COc1ccc(-c2cccc(C(=O)NCc3cccc(C(F)(F)F)c3)n2)cc1. The highest BCUT2D eigenvalue weighted by atomic mass is 19.4. The van der Waals surface area contributed by atoms with Crippen LogP contribution < -0.4 is 10.1 Å². The summed E-state index contributed by atoms with van der Waals surface area (Å²) in [5.41, 5.74) is 1.20. The number of benzene rings is 2. The van der Waals surface area contributed by atoms with E-state index in [4.69, 9.17) is 4.74 Å². The molecule has 0 spiro atoms. The summed E-state index contributed by atoms with van der Waals surface area (Å²) in [5, 5.41) is 2.60. The molecule has 1 heterocycles. The van der Waals surface area contributed by atoms with Gasteiger partial charge in [-0.1, -0.05) is 18.2 Å². The van der Waals surface area contributed by atoms with E-state index in [0.717, 1.165) is 17.7 Å². The Hall–Kier alpha value is -3.35. The molecule has 7 heteroatoms. The van der Waals surface area contributed by atoms with Gasteiger partial charge in [0.05, 0.1) is 18.4 Å². The Morgan fingerprint density at radius 1 is 1.04 bits per heavy atom. The van der Waals surface area contributed by atoms with Gasteiger partial charge in [0.2, 0.25) is 0 Å². The van der Waals surface area contributed by atoms with Crippen molar-refractivity contribution in [3.05, 3.63) is 83.6 Å². The molecule has 3 aromatic rings. The number of halogens is 3. The molecule has 1 aromatic heterocycles. The minimum absolute atomic E-state index is 0.0306. The van der Waals surface area contributed by atoms with Gasteiger partial charge in [0.15, 0.2) is 0 Å². The van der Waals surface area contributed by atoms with Gasteiger partial charge in [0.1, 0.15) is 11.4 Å². The topological polar surface area (TPSA) is 51.2 Å². The number of aromatic nitrogens is 1. The predicted molar refractivity (Wildman–Crippen MR) is 98.8 cm³/mol. The van der Waals surface area contributed by atoms with Crippen LogP contribution in [-0.4, -0.2) is 18.0 Å². The largest absolute Gasteiger partial charge is 0.497 e. The molecule has 0 aliphatic heterocycles. The summed E-state index contributed by atoms with van der Waals surface area (Å²) >= 11 is 0. The summed E-state index contributed by atoms with van der Waals surface area (Å²) in [5.74, 6) is 0.242. The second-order valence-corrected chi connectivity index (χ2v) is 6.02. The smallest absolute Gasteiger partial charge is 0.416 e. The van der Waals surface area contributed by atoms with E-state index >= 15 is 0 Å². The zero-order valence-electron chi connectivity index (χ0n) is 15.0. The van der Waals surface area contributed by atoms with Crippen molar-refractivity contribution in [1.82, 2.24) is 10.3 Å². The van der Waals surface area contributed by atoms with Crippen LogP contribution in [-0.2, 0) is 12.7 Å². The van der Waals surface area contributed by atoms with Gasteiger partial charge < -0.3 is 10.1 Å². The van der Waals surface area contributed by atoms with Gasteiger partial charge in [-0.3, -0.25) is 4.79 Å². The Morgan fingerprint density at radius 2 is 1.75 bits per heavy atom. The second kappa shape index (κ2) is 8.12. The molecule has 144 valence electrons. The Balaban J connectivity index is 1.71.